The van der Waals surface area contributed by atoms with E-state index in [-0.39, 0.29) is 0 Å². The molecule has 0 radical (unpaired) electrons. The van der Waals surface area contributed by atoms with E-state index in [1.54, 1.807) is 13.4 Å². The van der Waals surface area contributed by atoms with Gasteiger partial charge in [-0.05, 0) is 24.3 Å². The Morgan fingerprint density at radius 1 is 1.47 bits per heavy atom. The molecule has 90 valence electrons. The van der Waals surface area contributed by atoms with E-state index in [2.05, 4.69) is 20.7 Å². The van der Waals surface area contributed by atoms with Gasteiger partial charge in [-0.2, -0.15) is 0 Å². The van der Waals surface area contributed by atoms with Crippen LogP contribution in [-0.2, 0) is 13.1 Å². The largest absolute Gasteiger partial charge is 0.480 e. The standard InChI is InChI=1S/C12H16N4O/c1-17-12-10-9(4-13)6-16(5-8-2-3-8)11(10)14-7-15-12/h6-8H,2-5,13H2,1H3. The number of nitrogens with two attached hydrogens (primary N) is 1. The summed E-state index contributed by atoms with van der Waals surface area (Å²) in [6.07, 6.45) is 6.27. The van der Waals surface area contributed by atoms with Crippen LogP contribution in [0.15, 0.2) is 12.5 Å². The Balaban J connectivity index is 2.16. The molecule has 0 saturated heterocycles. The second kappa shape index (κ2) is 4.00. The maximum atomic E-state index is 5.77. The van der Waals surface area contributed by atoms with Crippen LogP contribution < -0.4 is 10.5 Å². The Labute approximate surface area is 99.6 Å². The van der Waals surface area contributed by atoms with Gasteiger partial charge in [0.2, 0.25) is 5.88 Å². The summed E-state index contributed by atoms with van der Waals surface area (Å²) in [5.41, 5.74) is 7.76. The molecule has 0 atom stereocenters. The highest BCUT2D eigenvalue weighted by atomic mass is 16.5. The first kappa shape index (κ1) is 10.5. The second-order valence-electron chi connectivity index (χ2n) is 4.54. The molecule has 5 heteroatoms. The average Bonchev–Trinajstić information content (AvgIpc) is 3.10. The minimum absolute atomic E-state index is 0.484. The van der Waals surface area contributed by atoms with Crippen molar-refractivity contribution in [1.29, 1.82) is 0 Å². The molecule has 17 heavy (non-hydrogen) atoms. The minimum Gasteiger partial charge on any atom is -0.480 e. The van der Waals surface area contributed by atoms with Crippen LogP contribution in [-0.4, -0.2) is 21.6 Å². The molecule has 0 amide bonds. The Morgan fingerprint density at radius 3 is 2.94 bits per heavy atom. The summed E-state index contributed by atoms with van der Waals surface area (Å²) >= 11 is 0. The van der Waals surface area contributed by atoms with Gasteiger partial charge in [0.05, 0.1) is 12.5 Å². The summed E-state index contributed by atoms with van der Waals surface area (Å²) in [6, 6.07) is 0. The van der Waals surface area contributed by atoms with Crippen molar-refractivity contribution in [2.45, 2.75) is 25.9 Å². The molecule has 5 nitrogen and oxygen atoms in total. The second-order valence-corrected chi connectivity index (χ2v) is 4.54. The van der Waals surface area contributed by atoms with E-state index in [0.717, 1.165) is 29.1 Å². The summed E-state index contributed by atoms with van der Waals surface area (Å²) in [6.45, 7) is 1.51. The van der Waals surface area contributed by atoms with E-state index < -0.39 is 0 Å². The molecule has 2 aromatic rings. The van der Waals surface area contributed by atoms with E-state index in [0.29, 0.717) is 12.4 Å². The lowest BCUT2D eigenvalue weighted by molar-refractivity contribution is 0.402. The topological polar surface area (TPSA) is 66.0 Å². The average molecular weight is 232 g/mol. The molecule has 0 spiro atoms. The van der Waals surface area contributed by atoms with Crippen molar-refractivity contribution in [1.82, 2.24) is 14.5 Å². The molecule has 0 aliphatic heterocycles. The molecule has 2 aromatic heterocycles. The van der Waals surface area contributed by atoms with Crippen LogP contribution in [0.1, 0.15) is 18.4 Å². The van der Waals surface area contributed by atoms with Gasteiger partial charge >= 0.3 is 0 Å². The monoisotopic (exact) mass is 232 g/mol. The zero-order valence-corrected chi connectivity index (χ0v) is 9.89. The molecule has 2 N–H and O–H groups in total. The van der Waals surface area contributed by atoms with E-state index in [1.165, 1.54) is 12.8 Å². The predicted octanol–water partition coefficient (Wildman–Crippen LogP) is 1.31. The highest BCUT2D eigenvalue weighted by Gasteiger charge is 2.24. The maximum Gasteiger partial charge on any atom is 0.226 e. The number of nitrogens with zero attached hydrogens (tertiary/aromatic N) is 3. The van der Waals surface area contributed by atoms with Crippen molar-refractivity contribution in [3.63, 3.8) is 0 Å². The van der Waals surface area contributed by atoms with Crippen LogP contribution in [0.3, 0.4) is 0 Å². The number of methoxy groups -OCH3 is 1. The number of hydrogen-bond donors (Lipinski definition) is 1. The molecule has 0 aromatic carbocycles. The van der Waals surface area contributed by atoms with E-state index in [1.807, 2.05) is 0 Å². The Morgan fingerprint density at radius 2 is 2.29 bits per heavy atom. The molecule has 0 unspecified atom stereocenters. The Bertz CT molecular complexity index is 545. The van der Waals surface area contributed by atoms with Crippen LogP contribution in [0.5, 0.6) is 5.88 Å². The number of fused-ring (bicyclic) bond motifs is 1. The van der Waals surface area contributed by atoms with Crippen LogP contribution in [0.4, 0.5) is 0 Å². The van der Waals surface area contributed by atoms with Gasteiger partial charge in [0.25, 0.3) is 0 Å². The van der Waals surface area contributed by atoms with Crippen molar-refractivity contribution < 1.29 is 4.74 Å². The third-order valence-corrected chi connectivity index (χ3v) is 3.26. The normalized spacial score (nSPS) is 15.4. The zero-order valence-electron chi connectivity index (χ0n) is 9.89. The summed E-state index contributed by atoms with van der Waals surface area (Å²) in [7, 11) is 1.63. The van der Waals surface area contributed by atoms with Gasteiger partial charge in [-0.3, -0.25) is 0 Å². The van der Waals surface area contributed by atoms with Gasteiger partial charge in [0.1, 0.15) is 12.0 Å². The molecule has 3 rings (SSSR count). The van der Waals surface area contributed by atoms with Crippen LogP contribution >= 0.6 is 0 Å². The highest BCUT2D eigenvalue weighted by molar-refractivity contribution is 5.85. The molecule has 1 saturated carbocycles. The van der Waals surface area contributed by atoms with E-state index in [4.69, 9.17) is 10.5 Å². The summed E-state index contributed by atoms with van der Waals surface area (Å²) in [5, 5.41) is 0.957. The lowest BCUT2D eigenvalue weighted by Gasteiger charge is -2.03. The van der Waals surface area contributed by atoms with Crippen molar-refractivity contribution in [3.05, 3.63) is 18.1 Å². The molecule has 1 aliphatic rings. The third-order valence-electron chi connectivity index (χ3n) is 3.26. The first-order valence-corrected chi connectivity index (χ1v) is 5.90. The lowest BCUT2D eigenvalue weighted by Crippen LogP contribution is -1.99. The van der Waals surface area contributed by atoms with Crippen molar-refractivity contribution in [3.8, 4) is 5.88 Å². The van der Waals surface area contributed by atoms with Gasteiger partial charge in [-0.1, -0.05) is 0 Å². The zero-order chi connectivity index (χ0) is 11.8. The van der Waals surface area contributed by atoms with Gasteiger partial charge in [-0.25, -0.2) is 9.97 Å². The van der Waals surface area contributed by atoms with Crippen LogP contribution in [0.25, 0.3) is 11.0 Å². The number of aromatic nitrogens is 3. The SMILES string of the molecule is COc1ncnc2c1c(CN)cn2CC1CC1. The van der Waals surface area contributed by atoms with Crippen molar-refractivity contribution in [2.24, 2.45) is 11.7 Å². The predicted molar refractivity (Wildman–Crippen MR) is 64.7 cm³/mol. The number of rotatable bonds is 4. The van der Waals surface area contributed by atoms with Gasteiger partial charge in [0, 0.05) is 19.3 Å². The molecule has 1 fully saturated rings. The summed E-state index contributed by atoms with van der Waals surface area (Å²) in [5.74, 6) is 1.42. The van der Waals surface area contributed by atoms with Crippen molar-refractivity contribution >= 4 is 11.0 Å². The first-order valence-electron chi connectivity index (χ1n) is 5.90. The number of hydrogen-bond acceptors (Lipinski definition) is 4. The quantitative estimate of drug-likeness (QED) is 0.863. The first-order chi connectivity index (χ1) is 8.33. The van der Waals surface area contributed by atoms with E-state index >= 15 is 0 Å². The molecule has 2 heterocycles. The fourth-order valence-electron chi connectivity index (χ4n) is 2.20. The van der Waals surface area contributed by atoms with Gasteiger partial charge in [0.15, 0.2) is 0 Å². The van der Waals surface area contributed by atoms with E-state index in [9.17, 15) is 0 Å². The maximum absolute atomic E-state index is 5.77. The fraction of sp³-hybridized carbons (Fsp3) is 0.500. The third kappa shape index (κ3) is 1.76. The minimum atomic E-state index is 0.484. The van der Waals surface area contributed by atoms with Crippen LogP contribution in [0, 0.1) is 5.92 Å². The number of ether oxygens (including phenoxy) is 1. The molecular formula is C12H16N4O. The van der Waals surface area contributed by atoms with Crippen molar-refractivity contribution in [2.75, 3.05) is 7.11 Å². The molecular weight excluding hydrogens is 216 g/mol. The summed E-state index contributed by atoms with van der Waals surface area (Å²) < 4.78 is 7.46. The van der Waals surface area contributed by atoms with Crippen LogP contribution in [0.2, 0.25) is 0 Å². The molecule has 0 bridgehead atoms. The highest BCUT2D eigenvalue weighted by Crippen LogP contribution is 2.33. The molecule has 1 aliphatic carbocycles. The smallest absolute Gasteiger partial charge is 0.226 e. The Kier molecular flexibility index (Phi) is 2.48. The Hall–Kier alpha value is -1.62. The lowest BCUT2D eigenvalue weighted by atomic mass is 10.2. The van der Waals surface area contributed by atoms with Gasteiger partial charge in [-0.15, -0.1) is 0 Å². The summed E-state index contributed by atoms with van der Waals surface area (Å²) in [4.78, 5) is 8.50. The fourth-order valence-corrected chi connectivity index (χ4v) is 2.20. The van der Waals surface area contributed by atoms with Gasteiger partial charge < -0.3 is 15.0 Å².